The van der Waals surface area contributed by atoms with Gasteiger partial charge in [0.1, 0.15) is 0 Å². The van der Waals surface area contributed by atoms with E-state index in [0.717, 1.165) is 44.4 Å². The third kappa shape index (κ3) is 4.62. The minimum Gasteiger partial charge on any atom is -0.354 e. The summed E-state index contributed by atoms with van der Waals surface area (Å²) in [5.41, 5.74) is 5.44. The lowest BCUT2D eigenvalue weighted by molar-refractivity contribution is -0.126. The van der Waals surface area contributed by atoms with Gasteiger partial charge in [-0.1, -0.05) is 12.8 Å². The van der Waals surface area contributed by atoms with Gasteiger partial charge in [-0.3, -0.25) is 4.79 Å². The zero-order chi connectivity index (χ0) is 10.4. The van der Waals surface area contributed by atoms with E-state index in [4.69, 9.17) is 5.73 Å². The summed E-state index contributed by atoms with van der Waals surface area (Å²) in [6.07, 6.45) is 6.98. The molecule has 0 spiro atoms. The van der Waals surface area contributed by atoms with Gasteiger partial charge in [0.2, 0.25) is 5.91 Å². The number of nitrogens with two attached hydrogens (primary N) is 1. The second-order valence-electron chi connectivity index (χ2n) is 3.97. The molecule has 0 bridgehead atoms. The number of carbonyl (C=O) groups is 1. The van der Waals surface area contributed by atoms with Gasteiger partial charge in [0.15, 0.2) is 0 Å². The number of carbonyl (C=O) groups excluding carboxylic acids is 1. The standard InChI is InChI=1S/C10H20N2OS.ClH/c1-14-8-4-7-12-9(13)10(11)5-2-3-6-10;/h2-8,11H2,1H3,(H,12,13);1H. The van der Waals surface area contributed by atoms with Gasteiger partial charge >= 0.3 is 0 Å². The van der Waals surface area contributed by atoms with E-state index >= 15 is 0 Å². The monoisotopic (exact) mass is 252 g/mol. The topological polar surface area (TPSA) is 55.1 Å². The van der Waals surface area contributed by atoms with Gasteiger partial charge in [0, 0.05) is 6.54 Å². The molecule has 3 N–H and O–H groups in total. The molecule has 0 aliphatic heterocycles. The molecular formula is C10H21ClN2OS. The van der Waals surface area contributed by atoms with Gasteiger partial charge in [-0.15, -0.1) is 12.4 Å². The van der Waals surface area contributed by atoms with E-state index in [2.05, 4.69) is 11.6 Å². The Balaban J connectivity index is 0.00000196. The van der Waals surface area contributed by atoms with E-state index in [9.17, 15) is 4.79 Å². The van der Waals surface area contributed by atoms with Crippen LogP contribution in [0.5, 0.6) is 0 Å². The fourth-order valence-corrected chi connectivity index (χ4v) is 2.26. The van der Waals surface area contributed by atoms with E-state index in [0.29, 0.717) is 0 Å². The number of halogens is 1. The Labute approximate surface area is 102 Å². The van der Waals surface area contributed by atoms with Gasteiger partial charge in [-0.2, -0.15) is 11.8 Å². The maximum atomic E-state index is 11.7. The van der Waals surface area contributed by atoms with Gasteiger partial charge in [0.25, 0.3) is 0 Å². The average Bonchev–Trinajstić information content (AvgIpc) is 2.61. The van der Waals surface area contributed by atoms with Gasteiger partial charge in [-0.05, 0) is 31.3 Å². The summed E-state index contributed by atoms with van der Waals surface area (Å²) in [4.78, 5) is 11.7. The number of nitrogens with one attached hydrogen (secondary N) is 1. The molecule has 0 aromatic heterocycles. The highest BCUT2D eigenvalue weighted by Gasteiger charge is 2.36. The van der Waals surface area contributed by atoms with Crippen molar-refractivity contribution in [1.82, 2.24) is 5.32 Å². The Morgan fingerprint density at radius 2 is 2.07 bits per heavy atom. The Hall–Kier alpha value is 0.0700. The first-order valence-electron chi connectivity index (χ1n) is 5.25. The molecule has 5 heteroatoms. The molecule has 3 nitrogen and oxygen atoms in total. The molecule has 0 saturated heterocycles. The smallest absolute Gasteiger partial charge is 0.240 e. The summed E-state index contributed by atoms with van der Waals surface area (Å²) in [6.45, 7) is 0.763. The number of hydrogen-bond acceptors (Lipinski definition) is 3. The summed E-state index contributed by atoms with van der Waals surface area (Å²) in [7, 11) is 0. The average molecular weight is 253 g/mol. The van der Waals surface area contributed by atoms with Crippen LogP contribution >= 0.6 is 24.2 Å². The van der Waals surface area contributed by atoms with Crippen LogP contribution in [0.2, 0.25) is 0 Å². The van der Waals surface area contributed by atoms with Crippen LogP contribution in [-0.2, 0) is 4.79 Å². The molecule has 0 unspecified atom stereocenters. The molecule has 1 rings (SSSR count). The summed E-state index contributed by atoms with van der Waals surface area (Å²) in [6, 6.07) is 0. The summed E-state index contributed by atoms with van der Waals surface area (Å²) in [5.74, 6) is 1.15. The first-order chi connectivity index (χ1) is 6.69. The Kier molecular flexibility index (Phi) is 7.40. The van der Waals surface area contributed by atoms with E-state index in [1.165, 1.54) is 0 Å². The summed E-state index contributed by atoms with van der Waals surface area (Å²) >= 11 is 1.80. The minimum atomic E-state index is -0.556. The maximum absolute atomic E-state index is 11.7. The van der Waals surface area contributed by atoms with E-state index in [-0.39, 0.29) is 18.3 Å². The van der Waals surface area contributed by atoms with Crippen LogP contribution in [0.15, 0.2) is 0 Å². The van der Waals surface area contributed by atoms with Crippen molar-refractivity contribution in [3.05, 3.63) is 0 Å². The van der Waals surface area contributed by atoms with Crippen LogP contribution in [-0.4, -0.2) is 30.0 Å². The number of amides is 1. The molecule has 0 atom stereocenters. The van der Waals surface area contributed by atoms with Crippen molar-refractivity contribution in [2.24, 2.45) is 5.73 Å². The van der Waals surface area contributed by atoms with Crippen molar-refractivity contribution >= 4 is 30.1 Å². The van der Waals surface area contributed by atoms with Crippen molar-refractivity contribution in [2.45, 2.75) is 37.6 Å². The lowest BCUT2D eigenvalue weighted by atomic mass is 9.98. The molecule has 0 aromatic carbocycles. The molecule has 0 heterocycles. The Morgan fingerprint density at radius 3 is 2.60 bits per heavy atom. The van der Waals surface area contributed by atoms with Crippen molar-refractivity contribution in [2.75, 3.05) is 18.6 Å². The Bertz CT molecular complexity index is 196. The second kappa shape index (κ2) is 7.36. The number of hydrogen-bond donors (Lipinski definition) is 2. The van der Waals surface area contributed by atoms with Crippen LogP contribution in [0.25, 0.3) is 0 Å². The molecule has 1 aliphatic rings. The molecule has 1 fully saturated rings. The second-order valence-corrected chi connectivity index (χ2v) is 4.95. The zero-order valence-electron chi connectivity index (χ0n) is 9.25. The normalized spacial score (nSPS) is 18.3. The van der Waals surface area contributed by atoms with Crippen molar-refractivity contribution in [3.63, 3.8) is 0 Å². The van der Waals surface area contributed by atoms with Crippen LogP contribution < -0.4 is 11.1 Å². The predicted octanol–water partition coefficient (Wildman–Crippen LogP) is 1.55. The Morgan fingerprint density at radius 1 is 1.47 bits per heavy atom. The maximum Gasteiger partial charge on any atom is 0.240 e. The molecule has 1 saturated carbocycles. The predicted molar refractivity (Wildman–Crippen MR) is 68.6 cm³/mol. The van der Waals surface area contributed by atoms with Gasteiger partial charge in [0.05, 0.1) is 5.54 Å². The van der Waals surface area contributed by atoms with Crippen molar-refractivity contribution < 1.29 is 4.79 Å². The molecule has 0 radical (unpaired) electrons. The van der Waals surface area contributed by atoms with E-state index in [1.807, 2.05) is 0 Å². The quantitative estimate of drug-likeness (QED) is 0.730. The fraction of sp³-hybridized carbons (Fsp3) is 0.900. The van der Waals surface area contributed by atoms with Gasteiger partial charge in [-0.25, -0.2) is 0 Å². The molecule has 1 amide bonds. The summed E-state index contributed by atoms with van der Waals surface area (Å²) in [5, 5.41) is 2.92. The minimum absolute atomic E-state index is 0. The zero-order valence-corrected chi connectivity index (χ0v) is 10.9. The highest BCUT2D eigenvalue weighted by molar-refractivity contribution is 7.98. The van der Waals surface area contributed by atoms with Crippen LogP contribution in [0, 0.1) is 0 Å². The van der Waals surface area contributed by atoms with E-state index < -0.39 is 5.54 Å². The molecule has 15 heavy (non-hydrogen) atoms. The largest absolute Gasteiger partial charge is 0.354 e. The molecule has 0 aromatic rings. The van der Waals surface area contributed by atoms with Crippen molar-refractivity contribution in [1.29, 1.82) is 0 Å². The highest BCUT2D eigenvalue weighted by Crippen LogP contribution is 2.27. The summed E-state index contributed by atoms with van der Waals surface area (Å²) < 4.78 is 0. The first-order valence-corrected chi connectivity index (χ1v) is 6.64. The third-order valence-electron chi connectivity index (χ3n) is 2.76. The molecule has 1 aliphatic carbocycles. The third-order valence-corrected chi connectivity index (χ3v) is 3.46. The van der Waals surface area contributed by atoms with Crippen LogP contribution in [0.4, 0.5) is 0 Å². The lowest BCUT2D eigenvalue weighted by Crippen LogP contribution is -2.52. The molecule has 90 valence electrons. The number of thioether (sulfide) groups is 1. The molecular weight excluding hydrogens is 232 g/mol. The van der Waals surface area contributed by atoms with E-state index in [1.54, 1.807) is 11.8 Å². The van der Waals surface area contributed by atoms with Gasteiger partial charge < -0.3 is 11.1 Å². The fourth-order valence-electron chi connectivity index (χ4n) is 1.83. The first kappa shape index (κ1) is 15.1. The number of rotatable bonds is 5. The van der Waals surface area contributed by atoms with Crippen LogP contribution in [0.3, 0.4) is 0 Å². The van der Waals surface area contributed by atoms with Crippen LogP contribution in [0.1, 0.15) is 32.1 Å². The SMILES string of the molecule is CSCCCNC(=O)C1(N)CCCC1.Cl. The lowest BCUT2D eigenvalue weighted by Gasteiger charge is -2.22. The highest BCUT2D eigenvalue weighted by atomic mass is 35.5. The van der Waals surface area contributed by atoms with Crippen molar-refractivity contribution in [3.8, 4) is 0 Å².